The predicted octanol–water partition coefficient (Wildman–Crippen LogP) is 8.96. The van der Waals surface area contributed by atoms with E-state index in [0.717, 1.165) is 54.8 Å². The predicted molar refractivity (Wildman–Crippen MR) is 140 cm³/mol. The first kappa shape index (κ1) is 26.1. The molecule has 0 heterocycles. The van der Waals surface area contributed by atoms with Crippen molar-refractivity contribution in [1.29, 1.82) is 0 Å². The Bertz CT molecular complexity index is 754. The minimum Gasteiger partial charge on any atom is -0.432 e. The second-order valence-corrected chi connectivity index (χ2v) is 13.7. The molecular formula is C31H52O3. The molecule has 1 unspecified atom stereocenters. The molecule has 3 fully saturated rings. The van der Waals surface area contributed by atoms with Gasteiger partial charge in [0, 0.05) is 6.42 Å². The molecule has 0 aliphatic heterocycles. The van der Waals surface area contributed by atoms with Gasteiger partial charge in [0.2, 0.25) is 0 Å². The average molecular weight is 473 g/mol. The number of rotatable bonds is 7. The van der Waals surface area contributed by atoms with Crippen molar-refractivity contribution in [3.8, 4) is 0 Å². The van der Waals surface area contributed by atoms with Crippen molar-refractivity contribution in [2.24, 2.45) is 46.3 Å². The summed E-state index contributed by atoms with van der Waals surface area (Å²) in [6.07, 6.45) is 16.1. The molecular weight excluding hydrogens is 420 g/mol. The van der Waals surface area contributed by atoms with Crippen molar-refractivity contribution in [3.63, 3.8) is 0 Å². The van der Waals surface area contributed by atoms with Gasteiger partial charge in [-0.1, -0.05) is 65.5 Å². The summed E-state index contributed by atoms with van der Waals surface area (Å²) in [6, 6.07) is 0. The summed E-state index contributed by atoms with van der Waals surface area (Å²) < 4.78 is 10.9. The lowest BCUT2D eigenvalue weighted by Crippen LogP contribution is -2.51. The second-order valence-electron chi connectivity index (χ2n) is 13.7. The standard InChI is InChI=1S/C31H52O3/c1-20(2)9-8-10-22(5)26-13-14-27-25-12-11-23-19-24(34-29(32)33-21(3)4)15-17-30(23,6)28(25)16-18-31(26,27)7/h11,20-22,24-28H,8-10,12-19H2,1-7H3/t22-,24?,25+,26-,27+,28+,30+,31-/m1/s1. The van der Waals surface area contributed by atoms with Crippen LogP contribution in [0.5, 0.6) is 0 Å². The van der Waals surface area contributed by atoms with Crippen LogP contribution < -0.4 is 0 Å². The molecule has 0 radical (unpaired) electrons. The summed E-state index contributed by atoms with van der Waals surface area (Å²) in [4.78, 5) is 12.1. The summed E-state index contributed by atoms with van der Waals surface area (Å²) >= 11 is 0. The molecule has 4 aliphatic rings. The first-order valence-electron chi connectivity index (χ1n) is 14.6. The van der Waals surface area contributed by atoms with Gasteiger partial charge in [-0.2, -0.15) is 0 Å². The topological polar surface area (TPSA) is 35.5 Å². The SMILES string of the molecule is CC(C)CCC[C@@H](C)[C@H]1CC[C@H]2[C@@H]3CC=C4CC(OC(=O)OC(C)C)CC[C@]4(C)[C@H]3CC[C@]12C. The Morgan fingerprint density at radius 2 is 1.76 bits per heavy atom. The molecule has 8 atom stereocenters. The Morgan fingerprint density at radius 3 is 2.47 bits per heavy atom. The third kappa shape index (κ3) is 4.96. The lowest BCUT2D eigenvalue weighted by atomic mass is 9.47. The van der Waals surface area contributed by atoms with E-state index in [9.17, 15) is 4.79 Å². The average Bonchev–Trinajstić information content (AvgIpc) is 3.10. The normalized spacial score (nSPS) is 40.3. The maximum Gasteiger partial charge on any atom is 0.508 e. The number of carbonyl (C=O) groups excluding carboxylic acids is 1. The van der Waals surface area contributed by atoms with Crippen molar-refractivity contribution in [1.82, 2.24) is 0 Å². The third-order valence-corrected chi connectivity index (χ3v) is 10.9. The Hall–Kier alpha value is -0.990. The maximum absolute atomic E-state index is 12.1. The molecule has 0 bridgehead atoms. The van der Waals surface area contributed by atoms with Gasteiger partial charge in [0.1, 0.15) is 6.10 Å². The fourth-order valence-corrected chi connectivity index (χ4v) is 9.11. The lowest BCUT2D eigenvalue weighted by Gasteiger charge is -2.58. The third-order valence-electron chi connectivity index (χ3n) is 10.9. The molecule has 0 spiro atoms. The highest BCUT2D eigenvalue weighted by atomic mass is 16.7. The second kappa shape index (κ2) is 10.2. The van der Waals surface area contributed by atoms with Gasteiger partial charge in [0.05, 0.1) is 6.10 Å². The summed E-state index contributed by atoms with van der Waals surface area (Å²) in [5.74, 6) is 5.18. The van der Waals surface area contributed by atoms with E-state index in [1.165, 1.54) is 51.4 Å². The van der Waals surface area contributed by atoms with Gasteiger partial charge in [-0.3, -0.25) is 0 Å². The minimum atomic E-state index is -0.495. The summed E-state index contributed by atoms with van der Waals surface area (Å²) in [6.45, 7) is 16.3. The molecule has 0 aromatic heterocycles. The zero-order chi connectivity index (χ0) is 24.7. The highest BCUT2D eigenvalue weighted by Gasteiger charge is 2.59. The van der Waals surface area contributed by atoms with Gasteiger partial charge >= 0.3 is 6.16 Å². The molecule has 34 heavy (non-hydrogen) atoms. The van der Waals surface area contributed by atoms with Gasteiger partial charge in [-0.15, -0.1) is 0 Å². The first-order chi connectivity index (χ1) is 16.0. The van der Waals surface area contributed by atoms with Crippen LogP contribution in [-0.2, 0) is 9.47 Å². The van der Waals surface area contributed by atoms with E-state index in [1.807, 2.05) is 13.8 Å². The van der Waals surface area contributed by atoms with Gasteiger partial charge in [0.15, 0.2) is 0 Å². The van der Waals surface area contributed by atoms with E-state index in [4.69, 9.17) is 9.47 Å². The summed E-state index contributed by atoms with van der Waals surface area (Å²) in [7, 11) is 0. The van der Waals surface area contributed by atoms with Gasteiger partial charge in [-0.25, -0.2) is 4.79 Å². The number of fused-ring (bicyclic) bond motifs is 5. The molecule has 3 heteroatoms. The van der Waals surface area contributed by atoms with Crippen molar-refractivity contribution in [2.75, 3.05) is 0 Å². The fourth-order valence-electron chi connectivity index (χ4n) is 9.11. The van der Waals surface area contributed by atoms with Crippen molar-refractivity contribution in [2.45, 2.75) is 131 Å². The van der Waals surface area contributed by atoms with Gasteiger partial charge < -0.3 is 9.47 Å². The number of ether oxygens (including phenoxy) is 2. The van der Waals surface area contributed by atoms with Crippen LogP contribution in [0.1, 0.15) is 119 Å². The molecule has 0 saturated heterocycles. The lowest BCUT2D eigenvalue weighted by molar-refractivity contribution is -0.0629. The van der Waals surface area contributed by atoms with Crippen molar-refractivity contribution in [3.05, 3.63) is 11.6 Å². The number of hydrogen-bond acceptors (Lipinski definition) is 3. The zero-order valence-electron chi connectivity index (χ0n) is 23.2. The van der Waals surface area contributed by atoms with Crippen LogP contribution in [0.4, 0.5) is 4.79 Å². The van der Waals surface area contributed by atoms with E-state index in [2.05, 4.69) is 40.7 Å². The van der Waals surface area contributed by atoms with Gasteiger partial charge in [-0.05, 0) is 105 Å². The van der Waals surface area contributed by atoms with Gasteiger partial charge in [0.25, 0.3) is 0 Å². The quantitative estimate of drug-likeness (QED) is 0.274. The largest absolute Gasteiger partial charge is 0.508 e. The Kier molecular flexibility index (Phi) is 7.80. The monoisotopic (exact) mass is 472 g/mol. The van der Waals surface area contributed by atoms with Crippen molar-refractivity contribution < 1.29 is 14.3 Å². The first-order valence-corrected chi connectivity index (χ1v) is 14.6. The van der Waals surface area contributed by atoms with Crippen LogP contribution in [0.25, 0.3) is 0 Å². The Labute approximate surface area is 209 Å². The summed E-state index contributed by atoms with van der Waals surface area (Å²) in [5, 5.41) is 0. The van der Waals surface area contributed by atoms with Crippen molar-refractivity contribution >= 4 is 6.16 Å². The molecule has 4 rings (SSSR count). The Balaban J connectivity index is 1.42. The number of hydrogen-bond donors (Lipinski definition) is 0. The Morgan fingerprint density at radius 1 is 1.00 bits per heavy atom. The molecule has 194 valence electrons. The van der Waals surface area contributed by atoms with Crippen LogP contribution in [0.3, 0.4) is 0 Å². The smallest absolute Gasteiger partial charge is 0.432 e. The molecule has 3 saturated carbocycles. The number of allylic oxidation sites excluding steroid dienone is 1. The van der Waals surface area contributed by atoms with E-state index in [-0.39, 0.29) is 12.2 Å². The molecule has 0 aromatic rings. The molecule has 0 aromatic carbocycles. The number of carbonyl (C=O) groups is 1. The van der Waals surface area contributed by atoms with Crippen LogP contribution in [-0.4, -0.2) is 18.4 Å². The van der Waals surface area contributed by atoms with E-state index < -0.39 is 6.16 Å². The zero-order valence-corrected chi connectivity index (χ0v) is 23.2. The maximum atomic E-state index is 12.1. The minimum absolute atomic E-state index is 0.0152. The molecule has 0 amide bonds. The van der Waals surface area contributed by atoms with E-state index in [1.54, 1.807) is 5.57 Å². The van der Waals surface area contributed by atoms with E-state index >= 15 is 0 Å². The van der Waals surface area contributed by atoms with Crippen LogP contribution >= 0.6 is 0 Å². The highest BCUT2D eigenvalue weighted by Crippen LogP contribution is 2.67. The highest BCUT2D eigenvalue weighted by molar-refractivity contribution is 5.60. The van der Waals surface area contributed by atoms with Crippen LogP contribution in [0, 0.1) is 46.3 Å². The fraction of sp³-hybridized carbons (Fsp3) is 0.903. The summed E-state index contributed by atoms with van der Waals surface area (Å²) in [5.41, 5.74) is 2.41. The van der Waals surface area contributed by atoms with Crippen LogP contribution in [0.2, 0.25) is 0 Å². The van der Waals surface area contributed by atoms with E-state index in [0.29, 0.717) is 10.8 Å². The molecule has 0 N–H and O–H groups in total. The van der Waals surface area contributed by atoms with Crippen LogP contribution in [0.15, 0.2) is 11.6 Å². The molecule has 4 aliphatic carbocycles. The molecule has 3 nitrogen and oxygen atoms in total.